The van der Waals surface area contributed by atoms with Crippen LogP contribution in [0.5, 0.6) is 0 Å². The number of hydrogen-bond donors (Lipinski definition) is 2. The second kappa shape index (κ2) is 6.79. The second-order valence-electron chi connectivity index (χ2n) is 5.62. The summed E-state index contributed by atoms with van der Waals surface area (Å²) < 4.78 is 0. The molecule has 1 aliphatic heterocycles. The zero-order valence-electron chi connectivity index (χ0n) is 13.6. The summed E-state index contributed by atoms with van der Waals surface area (Å²) in [5.74, 6) is -0.413. The van der Waals surface area contributed by atoms with Gasteiger partial charge in [-0.25, -0.2) is 0 Å². The number of Topliss-reactive ketones (excluding diaryl/α,β-unsaturated/α-hetero) is 1. The molecule has 0 aromatic heterocycles. The summed E-state index contributed by atoms with van der Waals surface area (Å²) in [5, 5.41) is 19.9. The van der Waals surface area contributed by atoms with Crippen LogP contribution < -0.4 is 11.5 Å². The molecule has 1 aliphatic rings. The van der Waals surface area contributed by atoms with Crippen molar-refractivity contribution in [2.24, 2.45) is 11.5 Å². The maximum Gasteiger partial charge on any atom is 0.183 e. The topological polar surface area (TPSA) is 117 Å². The minimum absolute atomic E-state index is 0.0216. The van der Waals surface area contributed by atoms with E-state index >= 15 is 0 Å². The van der Waals surface area contributed by atoms with Gasteiger partial charge in [-0.05, 0) is 5.56 Å². The highest BCUT2D eigenvalue weighted by Crippen LogP contribution is 2.49. The highest BCUT2D eigenvalue weighted by molar-refractivity contribution is 8.06. The van der Waals surface area contributed by atoms with E-state index in [1.54, 1.807) is 60.7 Å². The monoisotopic (exact) mass is 358 g/mol. The Labute approximate surface area is 155 Å². The van der Waals surface area contributed by atoms with Crippen molar-refractivity contribution in [1.82, 2.24) is 0 Å². The predicted octanol–water partition coefficient (Wildman–Crippen LogP) is 2.94. The van der Waals surface area contributed by atoms with Crippen LogP contribution >= 0.6 is 11.8 Å². The molecule has 0 radical (unpaired) electrons. The van der Waals surface area contributed by atoms with Crippen LogP contribution in [-0.2, 0) is 5.41 Å². The number of thioether (sulfide) groups is 1. The van der Waals surface area contributed by atoms with Crippen LogP contribution in [0.3, 0.4) is 0 Å². The van der Waals surface area contributed by atoms with Crippen LogP contribution in [0, 0.1) is 22.7 Å². The largest absolute Gasteiger partial charge is 0.392 e. The van der Waals surface area contributed by atoms with Gasteiger partial charge in [-0.3, -0.25) is 4.79 Å². The lowest BCUT2D eigenvalue weighted by Crippen LogP contribution is -2.43. The number of allylic oxidation sites excluding steroid dienone is 2. The van der Waals surface area contributed by atoms with Crippen LogP contribution in [-0.4, -0.2) is 5.78 Å². The van der Waals surface area contributed by atoms with Crippen molar-refractivity contribution in [1.29, 1.82) is 10.5 Å². The Balaban J connectivity index is 2.45. The molecule has 0 atom stereocenters. The molecule has 0 aliphatic carbocycles. The van der Waals surface area contributed by atoms with Gasteiger partial charge in [0.25, 0.3) is 0 Å². The molecule has 4 N–H and O–H groups in total. The van der Waals surface area contributed by atoms with Crippen molar-refractivity contribution >= 4 is 17.5 Å². The maximum absolute atomic E-state index is 13.7. The first-order valence-corrected chi connectivity index (χ1v) is 8.52. The SMILES string of the molecule is N#CC1=C(N)SC(N)=C(C#N)C1(C(=O)c1ccccc1)c1ccccc1. The van der Waals surface area contributed by atoms with E-state index in [0.29, 0.717) is 11.1 Å². The number of carbonyl (C=O) groups excluding carboxylic acids is 1. The molecule has 2 aromatic rings. The molecular formula is C20H14N4OS. The molecule has 0 fully saturated rings. The van der Waals surface area contributed by atoms with Gasteiger partial charge < -0.3 is 11.5 Å². The number of ketones is 1. The van der Waals surface area contributed by atoms with Gasteiger partial charge in [0.1, 0.15) is 5.41 Å². The van der Waals surface area contributed by atoms with Crippen molar-refractivity contribution in [3.63, 3.8) is 0 Å². The summed E-state index contributed by atoms with van der Waals surface area (Å²) in [6.45, 7) is 0. The third-order valence-electron chi connectivity index (χ3n) is 4.27. The van der Waals surface area contributed by atoms with E-state index in [2.05, 4.69) is 12.1 Å². The molecule has 26 heavy (non-hydrogen) atoms. The van der Waals surface area contributed by atoms with Gasteiger partial charge in [0, 0.05) is 5.56 Å². The molecule has 0 amide bonds. The third-order valence-corrected chi connectivity index (χ3v) is 5.12. The van der Waals surface area contributed by atoms with Crippen molar-refractivity contribution in [2.45, 2.75) is 5.41 Å². The van der Waals surface area contributed by atoms with Crippen molar-refractivity contribution in [2.75, 3.05) is 0 Å². The van der Waals surface area contributed by atoms with Crippen LogP contribution in [0.1, 0.15) is 15.9 Å². The number of nitriles is 2. The Kier molecular flexibility index (Phi) is 4.53. The highest BCUT2D eigenvalue weighted by atomic mass is 32.2. The van der Waals surface area contributed by atoms with E-state index in [4.69, 9.17) is 11.5 Å². The van der Waals surface area contributed by atoms with Crippen LogP contribution in [0.4, 0.5) is 0 Å². The highest BCUT2D eigenvalue weighted by Gasteiger charge is 2.52. The molecule has 1 heterocycles. The summed E-state index contributed by atoms with van der Waals surface area (Å²) in [7, 11) is 0. The van der Waals surface area contributed by atoms with E-state index in [0.717, 1.165) is 11.8 Å². The summed E-state index contributed by atoms with van der Waals surface area (Å²) in [6, 6.07) is 21.3. The van der Waals surface area contributed by atoms with Crippen molar-refractivity contribution in [3.05, 3.63) is 93.0 Å². The number of carbonyl (C=O) groups is 1. The molecule has 0 unspecified atom stereocenters. The number of benzene rings is 2. The number of nitrogens with zero attached hydrogens (tertiary/aromatic N) is 2. The van der Waals surface area contributed by atoms with E-state index < -0.39 is 11.2 Å². The van der Waals surface area contributed by atoms with Crippen molar-refractivity contribution < 1.29 is 4.79 Å². The Bertz CT molecular complexity index is 975. The molecule has 2 aromatic carbocycles. The average molecular weight is 358 g/mol. The van der Waals surface area contributed by atoms with Gasteiger partial charge in [-0.15, -0.1) is 0 Å². The Morgan fingerprint density at radius 3 is 1.77 bits per heavy atom. The summed E-state index contributed by atoms with van der Waals surface area (Å²) in [6.07, 6.45) is 0. The Morgan fingerprint density at radius 1 is 0.846 bits per heavy atom. The van der Waals surface area contributed by atoms with Gasteiger partial charge in [-0.1, -0.05) is 72.4 Å². The molecule has 0 saturated heterocycles. The van der Waals surface area contributed by atoms with Crippen LogP contribution in [0.2, 0.25) is 0 Å². The molecule has 3 rings (SSSR count). The zero-order valence-corrected chi connectivity index (χ0v) is 14.5. The predicted molar refractivity (Wildman–Crippen MR) is 100 cm³/mol. The minimum Gasteiger partial charge on any atom is -0.392 e. The normalized spacial score (nSPS) is 15.9. The Hall–Kier alpha value is -3.48. The first kappa shape index (κ1) is 17.3. The fraction of sp³-hybridized carbons (Fsp3) is 0.0500. The minimum atomic E-state index is -1.66. The standard InChI is InChI=1S/C20H14N4OS/c21-11-15-18(23)26-19(24)16(12-22)20(15,14-9-5-2-6-10-14)17(25)13-7-3-1-4-8-13/h1-10H,23-24H2. The lowest BCUT2D eigenvalue weighted by atomic mass is 9.65. The maximum atomic E-state index is 13.7. The van der Waals surface area contributed by atoms with E-state index in [1.165, 1.54) is 0 Å². The number of rotatable bonds is 3. The van der Waals surface area contributed by atoms with E-state index in [9.17, 15) is 15.3 Å². The van der Waals surface area contributed by atoms with Gasteiger partial charge in [0.15, 0.2) is 5.78 Å². The van der Waals surface area contributed by atoms with Gasteiger partial charge in [0.2, 0.25) is 0 Å². The average Bonchev–Trinajstić information content (AvgIpc) is 2.68. The van der Waals surface area contributed by atoms with Crippen LogP contribution in [0.15, 0.2) is 81.9 Å². The molecule has 6 heteroatoms. The lowest BCUT2D eigenvalue weighted by molar-refractivity contribution is 0.0934. The molecule has 5 nitrogen and oxygen atoms in total. The van der Waals surface area contributed by atoms with Gasteiger partial charge in [0.05, 0.1) is 33.3 Å². The first-order valence-electron chi connectivity index (χ1n) is 7.71. The van der Waals surface area contributed by atoms with Crippen molar-refractivity contribution in [3.8, 4) is 12.1 Å². The Morgan fingerprint density at radius 2 is 1.31 bits per heavy atom. The summed E-state index contributed by atoms with van der Waals surface area (Å²) >= 11 is 0.934. The fourth-order valence-corrected chi connectivity index (χ4v) is 3.97. The molecule has 0 bridgehead atoms. The number of hydrogen-bond acceptors (Lipinski definition) is 6. The molecule has 126 valence electrons. The van der Waals surface area contributed by atoms with Crippen LogP contribution in [0.25, 0.3) is 0 Å². The summed E-state index contributed by atoms with van der Waals surface area (Å²) in [5.41, 5.74) is 11.4. The molecular weight excluding hydrogens is 344 g/mol. The smallest absolute Gasteiger partial charge is 0.183 e. The summed E-state index contributed by atoms with van der Waals surface area (Å²) in [4.78, 5) is 13.7. The van der Waals surface area contributed by atoms with E-state index in [-0.39, 0.29) is 21.2 Å². The quantitative estimate of drug-likeness (QED) is 0.815. The molecule has 0 saturated carbocycles. The second-order valence-corrected chi connectivity index (χ2v) is 6.70. The molecule has 0 spiro atoms. The third kappa shape index (κ3) is 2.45. The number of nitrogens with two attached hydrogens (primary N) is 2. The zero-order chi connectivity index (χ0) is 18.7. The first-order chi connectivity index (χ1) is 12.6. The van der Waals surface area contributed by atoms with Gasteiger partial charge >= 0.3 is 0 Å². The lowest BCUT2D eigenvalue weighted by Gasteiger charge is -2.36. The fourth-order valence-electron chi connectivity index (χ4n) is 3.13. The van der Waals surface area contributed by atoms with Gasteiger partial charge in [-0.2, -0.15) is 10.5 Å². The van der Waals surface area contributed by atoms with E-state index in [1.807, 2.05) is 0 Å².